The molecule has 4 unspecified atom stereocenters. The molecule has 4 atom stereocenters. The Labute approximate surface area is 118 Å². The highest BCUT2D eigenvalue weighted by molar-refractivity contribution is 7.99. The number of fused-ring (bicyclic) bond motifs is 3. The first-order chi connectivity index (χ1) is 9.31. The monoisotopic (exact) mass is 271 g/mol. The minimum absolute atomic E-state index is 0.195. The highest BCUT2D eigenvalue weighted by Crippen LogP contribution is 2.54. The van der Waals surface area contributed by atoms with Crippen molar-refractivity contribution < 1.29 is 4.74 Å². The Morgan fingerprint density at radius 1 is 1.37 bits per heavy atom. The molecule has 1 aromatic rings. The average molecular weight is 271 g/mol. The van der Waals surface area contributed by atoms with Gasteiger partial charge in [0.1, 0.15) is 0 Å². The van der Waals surface area contributed by atoms with Gasteiger partial charge in [-0.1, -0.05) is 18.2 Å². The molecule has 3 aliphatic rings. The smallest absolute Gasteiger partial charge is 0.0865 e. The summed E-state index contributed by atoms with van der Waals surface area (Å²) >= 11 is 1.94. The lowest BCUT2D eigenvalue weighted by molar-refractivity contribution is 0.0747. The largest absolute Gasteiger partial charge is 0.373 e. The summed E-state index contributed by atoms with van der Waals surface area (Å²) in [5, 5.41) is 9.71. The van der Waals surface area contributed by atoms with E-state index in [0.29, 0.717) is 12.0 Å². The molecule has 0 aromatic heterocycles. The summed E-state index contributed by atoms with van der Waals surface area (Å²) in [6, 6.07) is 11.3. The van der Waals surface area contributed by atoms with Gasteiger partial charge < -0.3 is 4.74 Å². The maximum atomic E-state index is 9.71. The minimum Gasteiger partial charge on any atom is -0.373 e. The predicted octanol–water partition coefficient (Wildman–Crippen LogP) is 3.73. The first kappa shape index (κ1) is 11.8. The quantitative estimate of drug-likeness (QED) is 0.821. The van der Waals surface area contributed by atoms with Gasteiger partial charge in [0.15, 0.2) is 0 Å². The van der Waals surface area contributed by atoms with Gasteiger partial charge in [0.2, 0.25) is 0 Å². The van der Waals surface area contributed by atoms with E-state index in [4.69, 9.17) is 4.74 Å². The van der Waals surface area contributed by atoms with Crippen LogP contribution in [-0.4, -0.2) is 18.0 Å². The van der Waals surface area contributed by atoms with Crippen LogP contribution in [0, 0.1) is 16.7 Å². The van der Waals surface area contributed by atoms with Crippen LogP contribution in [0.1, 0.15) is 37.2 Å². The molecule has 0 saturated carbocycles. The fourth-order valence-electron chi connectivity index (χ4n) is 4.02. The van der Waals surface area contributed by atoms with Crippen LogP contribution in [-0.2, 0) is 4.74 Å². The van der Waals surface area contributed by atoms with Crippen molar-refractivity contribution in [3.8, 4) is 6.07 Å². The Balaban J connectivity index is 1.61. The Kier molecular flexibility index (Phi) is 2.65. The second-order valence-corrected chi connectivity index (χ2v) is 7.11. The molecule has 2 bridgehead atoms. The molecular weight excluding hydrogens is 254 g/mol. The zero-order chi connectivity index (χ0) is 12.9. The number of hydrogen-bond donors (Lipinski definition) is 0. The Morgan fingerprint density at radius 3 is 3.00 bits per heavy atom. The van der Waals surface area contributed by atoms with E-state index in [1.807, 2.05) is 11.8 Å². The second kappa shape index (κ2) is 4.26. The molecule has 3 heteroatoms. The molecule has 4 rings (SSSR count). The SMILES string of the molecule is N#CC1(CC2CSc3ccccc32)CC2CCC1O2. The Morgan fingerprint density at radius 2 is 2.26 bits per heavy atom. The van der Waals surface area contributed by atoms with Gasteiger partial charge >= 0.3 is 0 Å². The summed E-state index contributed by atoms with van der Waals surface area (Å²) in [7, 11) is 0. The first-order valence-corrected chi connectivity index (χ1v) is 8.08. The van der Waals surface area contributed by atoms with E-state index in [0.717, 1.165) is 31.4 Å². The lowest BCUT2D eigenvalue weighted by Crippen LogP contribution is -2.32. The zero-order valence-electron chi connectivity index (χ0n) is 10.8. The van der Waals surface area contributed by atoms with E-state index < -0.39 is 0 Å². The van der Waals surface area contributed by atoms with Gasteiger partial charge in [-0.15, -0.1) is 11.8 Å². The maximum absolute atomic E-state index is 9.71. The van der Waals surface area contributed by atoms with Gasteiger partial charge in [-0.25, -0.2) is 0 Å². The van der Waals surface area contributed by atoms with Crippen molar-refractivity contribution in [1.29, 1.82) is 5.26 Å². The topological polar surface area (TPSA) is 33.0 Å². The summed E-state index contributed by atoms with van der Waals surface area (Å²) in [4.78, 5) is 1.41. The van der Waals surface area contributed by atoms with E-state index in [9.17, 15) is 5.26 Å². The molecule has 2 fully saturated rings. The molecular formula is C16H17NOS. The molecule has 0 amide bonds. The number of thioether (sulfide) groups is 1. The van der Waals surface area contributed by atoms with Gasteiger partial charge in [0.25, 0.3) is 0 Å². The molecule has 3 heterocycles. The van der Waals surface area contributed by atoms with E-state index in [1.54, 1.807) is 0 Å². The van der Waals surface area contributed by atoms with Crippen LogP contribution < -0.4 is 0 Å². The van der Waals surface area contributed by atoms with Crippen LogP contribution >= 0.6 is 11.8 Å². The second-order valence-electron chi connectivity index (χ2n) is 6.05. The van der Waals surface area contributed by atoms with E-state index in [2.05, 4.69) is 30.3 Å². The zero-order valence-corrected chi connectivity index (χ0v) is 11.7. The van der Waals surface area contributed by atoms with E-state index in [-0.39, 0.29) is 11.5 Å². The molecule has 98 valence electrons. The standard InChI is InChI=1S/C16H17NOS/c17-10-16(8-12-5-6-15(16)18-12)7-11-9-19-14-4-2-1-3-13(11)14/h1-4,11-12,15H,5-9H2. The summed E-state index contributed by atoms with van der Waals surface area (Å²) in [6.07, 6.45) is 4.73. The lowest BCUT2D eigenvalue weighted by Gasteiger charge is -2.30. The van der Waals surface area contributed by atoms with Crippen molar-refractivity contribution in [3.63, 3.8) is 0 Å². The predicted molar refractivity (Wildman–Crippen MR) is 75.1 cm³/mol. The van der Waals surface area contributed by atoms with Crippen LogP contribution in [0.25, 0.3) is 0 Å². The Hall–Kier alpha value is -0.980. The van der Waals surface area contributed by atoms with Gasteiger partial charge in [-0.05, 0) is 43.2 Å². The highest BCUT2D eigenvalue weighted by Gasteiger charge is 2.54. The molecule has 0 spiro atoms. The van der Waals surface area contributed by atoms with E-state index in [1.165, 1.54) is 10.5 Å². The highest BCUT2D eigenvalue weighted by atomic mass is 32.2. The molecule has 2 nitrogen and oxygen atoms in total. The normalized spacial score (nSPS) is 39.2. The molecule has 0 radical (unpaired) electrons. The number of rotatable bonds is 2. The van der Waals surface area contributed by atoms with Gasteiger partial charge in [0, 0.05) is 10.6 Å². The van der Waals surface area contributed by atoms with Gasteiger partial charge in [0.05, 0.1) is 23.7 Å². The van der Waals surface area contributed by atoms with Crippen molar-refractivity contribution >= 4 is 11.8 Å². The third-order valence-electron chi connectivity index (χ3n) is 4.95. The number of nitriles is 1. The number of hydrogen-bond acceptors (Lipinski definition) is 3. The molecule has 0 N–H and O–H groups in total. The summed E-state index contributed by atoms with van der Waals surface area (Å²) in [5.74, 6) is 1.66. The minimum atomic E-state index is -0.217. The van der Waals surface area contributed by atoms with Crippen molar-refractivity contribution in [1.82, 2.24) is 0 Å². The molecule has 3 aliphatic heterocycles. The maximum Gasteiger partial charge on any atom is 0.0865 e. The summed E-state index contributed by atoms with van der Waals surface area (Å²) in [6.45, 7) is 0. The summed E-state index contributed by atoms with van der Waals surface area (Å²) < 4.78 is 5.95. The lowest BCUT2D eigenvalue weighted by atomic mass is 9.69. The van der Waals surface area contributed by atoms with E-state index >= 15 is 0 Å². The average Bonchev–Trinajstić information content (AvgIpc) is 3.14. The fourth-order valence-corrected chi connectivity index (χ4v) is 5.27. The van der Waals surface area contributed by atoms with Gasteiger partial charge in [-0.2, -0.15) is 5.26 Å². The van der Waals surface area contributed by atoms with Gasteiger partial charge in [-0.3, -0.25) is 0 Å². The van der Waals surface area contributed by atoms with Crippen molar-refractivity contribution in [2.24, 2.45) is 5.41 Å². The molecule has 2 saturated heterocycles. The third-order valence-corrected chi connectivity index (χ3v) is 6.20. The Bertz CT molecular complexity index is 552. The number of ether oxygens (including phenoxy) is 1. The van der Waals surface area contributed by atoms with Crippen molar-refractivity contribution in [2.45, 2.75) is 48.7 Å². The molecule has 19 heavy (non-hydrogen) atoms. The third kappa shape index (κ3) is 1.74. The van der Waals surface area contributed by atoms with Crippen LogP contribution in [0.5, 0.6) is 0 Å². The fraction of sp³-hybridized carbons (Fsp3) is 0.562. The first-order valence-electron chi connectivity index (χ1n) is 7.09. The van der Waals surface area contributed by atoms with Crippen LogP contribution in [0.3, 0.4) is 0 Å². The molecule has 0 aliphatic carbocycles. The van der Waals surface area contributed by atoms with Crippen LogP contribution in [0.2, 0.25) is 0 Å². The van der Waals surface area contributed by atoms with Crippen LogP contribution in [0.4, 0.5) is 0 Å². The number of benzene rings is 1. The summed E-state index contributed by atoms with van der Waals surface area (Å²) in [5.41, 5.74) is 1.23. The molecule has 1 aromatic carbocycles. The van der Waals surface area contributed by atoms with Crippen LogP contribution in [0.15, 0.2) is 29.2 Å². The number of nitrogens with zero attached hydrogens (tertiary/aromatic N) is 1. The van der Waals surface area contributed by atoms with Crippen molar-refractivity contribution in [2.75, 3.05) is 5.75 Å². The van der Waals surface area contributed by atoms with Crippen molar-refractivity contribution in [3.05, 3.63) is 29.8 Å².